The Hall–Kier alpha value is -2.98. The molecule has 1 aliphatic heterocycles. The lowest BCUT2D eigenvalue weighted by Crippen LogP contribution is -2.63. The van der Waals surface area contributed by atoms with Gasteiger partial charge in [-0.2, -0.15) is 5.10 Å². The smallest absolute Gasteiger partial charge is 0.167 e. The lowest BCUT2D eigenvalue weighted by atomic mass is 9.62. The quantitative estimate of drug-likeness (QED) is 0.554. The average Bonchev–Trinajstić information content (AvgIpc) is 3.15. The number of hydrogen-bond donors (Lipinski definition) is 2. The number of nitrogens with zero attached hydrogens (tertiary/aromatic N) is 4. The minimum Gasteiger partial charge on any atom is -0.380 e. The van der Waals surface area contributed by atoms with Crippen molar-refractivity contribution in [1.82, 2.24) is 19.7 Å². The van der Waals surface area contributed by atoms with Gasteiger partial charge in [0.2, 0.25) is 0 Å². The maximum Gasteiger partial charge on any atom is 0.167 e. The molecule has 1 aromatic carbocycles. The van der Waals surface area contributed by atoms with E-state index in [0.717, 1.165) is 24.3 Å². The first kappa shape index (κ1) is 25.1. The van der Waals surface area contributed by atoms with Gasteiger partial charge in [0.15, 0.2) is 5.60 Å². The minimum absolute atomic E-state index is 0.383. The summed E-state index contributed by atoms with van der Waals surface area (Å²) in [6.07, 6.45) is 3.39. The summed E-state index contributed by atoms with van der Waals surface area (Å²) >= 11 is 0. The highest BCUT2D eigenvalue weighted by atomic mass is 16.3. The highest BCUT2D eigenvalue weighted by Crippen LogP contribution is 2.50. The van der Waals surface area contributed by atoms with Gasteiger partial charge in [-0.15, -0.1) is 0 Å². The number of pyridine rings is 1. The van der Waals surface area contributed by atoms with Gasteiger partial charge in [0.25, 0.3) is 0 Å². The zero-order valence-electron chi connectivity index (χ0n) is 21.8. The van der Waals surface area contributed by atoms with Gasteiger partial charge in [-0.05, 0) is 50.1 Å². The topological polar surface area (TPSA) is 74.4 Å². The molecule has 0 bridgehead atoms. The summed E-state index contributed by atoms with van der Waals surface area (Å²) in [6, 6.07) is 12.0. The van der Waals surface area contributed by atoms with E-state index in [2.05, 4.69) is 66.8 Å². The van der Waals surface area contributed by atoms with E-state index >= 15 is 0 Å². The van der Waals surface area contributed by atoms with Crippen molar-refractivity contribution in [3.63, 3.8) is 0 Å². The fourth-order valence-corrected chi connectivity index (χ4v) is 5.11. The molecule has 0 amide bonds. The van der Waals surface area contributed by atoms with Crippen molar-refractivity contribution in [2.75, 3.05) is 20.1 Å². The van der Waals surface area contributed by atoms with Gasteiger partial charge in [0.05, 0.1) is 0 Å². The highest BCUT2D eigenvalue weighted by Gasteiger charge is 2.55. The van der Waals surface area contributed by atoms with Gasteiger partial charge >= 0.3 is 0 Å². The molecule has 6 heteroatoms. The second-order valence-electron chi connectivity index (χ2n) is 10.8. The van der Waals surface area contributed by atoms with Crippen molar-refractivity contribution in [3.8, 4) is 11.8 Å². The molecule has 0 radical (unpaired) electrons. The highest BCUT2D eigenvalue weighted by molar-refractivity contribution is 5.45. The number of aryl methyl sites for hydroxylation is 2. The van der Waals surface area contributed by atoms with E-state index < -0.39 is 11.2 Å². The summed E-state index contributed by atoms with van der Waals surface area (Å²) in [7, 11) is 3.90. The molecule has 3 aromatic rings. The maximum absolute atomic E-state index is 12.4. The van der Waals surface area contributed by atoms with Crippen LogP contribution in [-0.4, -0.2) is 50.0 Å². The summed E-state index contributed by atoms with van der Waals surface area (Å²) in [5.74, 6) is 6.42. The summed E-state index contributed by atoms with van der Waals surface area (Å²) in [5, 5.41) is 27.7. The fourth-order valence-electron chi connectivity index (χ4n) is 5.11. The Balaban J connectivity index is 1.75. The van der Waals surface area contributed by atoms with Crippen LogP contribution in [0.15, 0.2) is 48.8 Å². The van der Waals surface area contributed by atoms with Gasteiger partial charge in [0.1, 0.15) is 11.3 Å². The van der Waals surface area contributed by atoms with E-state index in [-0.39, 0.29) is 5.41 Å². The Bertz CT molecular complexity index is 1250. The van der Waals surface area contributed by atoms with Gasteiger partial charge in [-0.1, -0.05) is 56.9 Å². The van der Waals surface area contributed by atoms with Crippen molar-refractivity contribution < 1.29 is 10.2 Å². The van der Waals surface area contributed by atoms with E-state index in [1.165, 1.54) is 5.56 Å². The van der Waals surface area contributed by atoms with Crippen molar-refractivity contribution in [1.29, 1.82) is 0 Å². The molecule has 4 rings (SSSR count). The zero-order valence-corrected chi connectivity index (χ0v) is 21.8. The molecular weight excluding hydrogens is 436 g/mol. The monoisotopic (exact) mass is 472 g/mol. The molecule has 1 aliphatic rings. The van der Waals surface area contributed by atoms with Crippen LogP contribution in [0, 0.1) is 24.2 Å². The molecule has 1 fully saturated rings. The van der Waals surface area contributed by atoms with Crippen LogP contribution >= 0.6 is 0 Å². The first-order valence-electron chi connectivity index (χ1n) is 12.1. The molecule has 6 nitrogen and oxygen atoms in total. The van der Waals surface area contributed by atoms with E-state index in [1.807, 2.05) is 38.2 Å². The summed E-state index contributed by atoms with van der Waals surface area (Å²) < 4.78 is 1.72. The van der Waals surface area contributed by atoms with Crippen molar-refractivity contribution >= 4 is 0 Å². The summed E-state index contributed by atoms with van der Waals surface area (Å²) in [5.41, 5.74) is 1.82. The predicted molar refractivity (Wildman–Crippen MR) is 138 cm³/mol. The van der Waals surface area contributed by atoms with Gasteiger partial charge < -0.3 is 15.1 Å². The molecule has 0 spiro atoms. The summed E-state index contributed by atoms with van der Waals surface area (Å²) in [6.45, 7) is 11.5. The van der Waals surface area contributed by atoms with Crippen LogP contribution in [0.4, 0.5) is 0 Å². The number of hydrogen-bond acceptors (Lipinski definition) is 5. The molecule has 2 atom stereocenters. The Morgan fingerprint density at radius 3 is 2.23 bits per heavy atom. The SMILES string of the molecule is Cc1cc([C@@](C)(O)C#Cc2cncc([C@@](O)(c3ccc(C(C)C)cc3)C3(C)CN(C)C3)c2)nn1C. The molecule has 0 saturated carbocycles. The molecule has 0 aliphatic carbocycles. The molecule has 35 heavy (non-hydrogen) atoms. The van der Waals surface area contributed by atoms with Gasteiger partial charge in [-0.25, -0.2) is 0 Å². The van der Waals surface area contributed by atoms with Crippen molar-refractivity contribution in [2.24, 2.45) is 12.5 Å². The molecular formula is C29H36N4O2. The molecule has 1 saturated heterocycles. The largest absolute Gasteiger partial charge is 0.380 e. The van der Waals surface area contributed by atoms with E-state index in [0.29, 0.717) is 22.7 Å². The lowest BCUT2D eigenvalue weighted by molar-refractivity contribution is -0.127. The second kappa shape index (κ2) is 8.91. The third-order valence-corrected chi connectivity index (χ3v) is 7.33. The average molecular weight is 473 g/mol. The van der Waals surface area contributed by atoms with E-state index in [1.54, 1.807) is 24.0 Å². The molecule has 2 N–H and O–H groups in total. The summed E-state index contributed by atoms with van der Waals surface area (Å²) in [4.78, 5) is 6.63. The van der Waals surface area contributed by atoms with Crippen LogP contribution in [0.5, 0.6) is 0 Å². The predicted octanol–water partition coefficient (Wildman–Crippen LogP) is 3.69. The number of aromatic nitrogens is 3. The van der Waals surface area contributed by atoms with Crippen LogP contribution in [0.3, 0.4) is 0 Å². The van der Waals surface area contributed by atoms with E-state index in [4.69, 9.17) is 0 Å². The Kier molecular flexibility index (Phi) is 6.39. The van der Waals surface area contributed by atoms with Gasteiger partial charge in [-0.3, -0.25) is 9.67 Å². The first-order chi connectivity index (χ1) is 16.4. The lowest BCUT2D eigenvalue weighted by Gasteiger charge is -2.55. The first-order valence-corrected chi connectivity index (χ1v) is 12.1. The standard InChI is InChI=1S/C29H36N4O2/c1-20(2)23-8-10-24(11-9-23)29(35,27(4)18-32(6)19-27)25-15-22(16-30-17-25)12-13-28(5,34)26-14-21(3)33(7)31-26/h8-11,14-17,20,34-35H,18-19H2,1-7H3/t28-,29-/m0/s1. The number of aliphatic hydroxyl groups is 2. The van der Waals surface area contributed by atoms with Crippen LogP contribution < -0.4 is 0 Å². The van der Waals surface area contributed by atoms with Crippen LogP contribution in [0.1, 0.15) is 67.3 Å². The fraction of sp³-hybridized carbons (Fsp3) is 0.448. The molecule has 2 aromatic heterocycles. The second-order valence-corrected chi connectivity index (χ2v) is 10.8. The Morgan fingerprint density at radius 1 is 1.03 bits per heavy atom. The number of rotatable bonds is 5. The van der Waals surface area contributed by atoms with Crippen LogP contribution in [0.2, 0.25) is 0 Å². The Labute approximate surface area is 208 Å². The maximum atomic E-state index is 12.4. The van der Waals surface area contributed by atoms with Crippen LogP contribution in [0.25, 0.3) is 0 Å². The Morgan fingerprint density at radius 2 is 1.69 bits per heavy atom. The number of likely N-dealkylation sites (tertiary alicyclic amines) is 1. The normalized spacial score (nSPS) is 18.8. The minimum atomic E-state index is -1.41. The molecule has 184 valence electrons. The number of benzene rings is 1. The van der Waals surface area contributed by atoms with Crippen molar-refractivity contribution in [3.05, 3.63) is 82.4 Å². The van der Waals surface area contributed by atoms with Crippen molar-refractivity contribution in [2.45, 2.75) is 51.7 Å². The molecule has 3 heterocycles. The molecule has 0 unspecified atom stereocenters. The van der Waals surface area contributed by atoms with E-state index in [9.17, 15) is 10.2 Å². The zero-order chi connectivity index (χ0) is 25.6. The van der Waals surface area contributed by atoms with Crippen LogP contribution in [-0.2, 0) is 18.2 Å². The third-order valence-electron chi connectivity index (χ3n) is 7.33. The third kappa shape index (κ3) is 4.52. The van der Waals surface area contributed by atoms with Gasteiger partial charge in [0, 0.05) is 54.8 Å².